The van der Waals surface area contributed by atoms with Crippen LogP contribution in [-0.4, -0.2) is 8.96 Å². The van der Waals surface area contributed by atoms with Crippen LogP contribution in [0.25, 0.3) is 55.6 Å². The molecule has 3 saturated carbocycles. The summed E-state index contributed by atoms with van der Waals surface area (Å²) in [5.41, 5.74) is 40.5. The minimum absolute atomic E-state index is 0. The quantitative estimate of drug-likeness (QED) is 0.0845. The topological polar surface area (TPSA) is 0 Å². The van der Waals surface area contributed by atoms with Crippen LogP contribution in [0.15, 0.2) is 302 Å². The van der Waals surface area contributed by atoms with Gasteiger partial charge in [-0.25, -0.2) is 0 Å². The van der Waals surface area contributed by atoms with E-state index in [4.69, 9.17) is 6.58 Å². The molecule has 23 rings (SSSR count). The molecule has 10 aliphatic rings. The Bertz CT molecular complexity index is 6060. The molecule has 760 valence electrons. The molecule has 0 aliphatic heterocycles. The van der Waals surface area contributed by atoms with Crippen LogP contribution in [0, 0.1) is 84.6 Å². The Balaban J connectivity index is 0.000000496. The minimum atomic E-state index is 0. The molecule has 9 atom stereocenters. The maximum Gasteiger partial charge on any atom is 3.00 e. The molecule has 5 heteroatoms. The molecule has 0 radical (unpaired) electrons. The molecule has 0 aromatic heterocycles. The summed E-state index contributed by atoms with van der Waals surface area (Å²) in [7, 11) is 0. The summed E-state index contributed by atoms with van der Waals surface area (Å²) in [5.74, 6) is 9.22. The van der Waals surface area contributed by atoms with E-state index < -0.39 is 0 Å². The zero-order valence-electron chi connectivity index (χ0n) is 95.6. The third kappa shape index (κ3) is 30.6. The van der Waals surface area contributed by atoms with Crippen LogP contribution >= 0.6 is 0 Å². The molecule has 0 saturated heterocycles. The van der Waals surface area contributed by atoms with Crippen molar-refractivity contribution in [3.63, 3.8) is 0 Å². The van der Waals surface area contributed by atoms with Crippen molar-refractivity contribution in [3.05, 3.63) is 469 Å². The minimum Gasteiger partial charge on any atom is -0.182 e. The van der Waals surface area contributed by atoms with Crippen LogP contribution < -0.4 is 0 Å². The molecule has 13 aromatic carbocycles. The normalized spacial score (nSPS) is 17.0. The average molecular weight is 2250 g/mol. The van der Waals surface area contributed by atoms with Gasteiger partial charge in [-0.1, -0.05) is 286 Å². The summed E-state index contributed by atoms with van der Waals surface area (Å²) < 4.78 is 4.48. The number of hydrogen-bond acceptors (Lipinski definition) is 0. The molecule has 13 aromatic rings. The molecule has 0 nitrogen and oxygen atoms in total. The van der Waals surface area contributed by atoms with Gasteiger partial charge in [0.15, 0.2) is 0 Å². The van der Waals surface area contributed by atoms with E-state index in [1.807, 2.05) is 238 Å². The molecule has 0 amide bonds. The van der Waals surface area contributed by atoms with Crippen LogP contribution in [0.1, 0.15) is 401 Å². The maximum absolute atomic E-state index is 6.43. The largest absolute Gasteiger partial charge is 3.00 e. The smallest absolute Gasteiger partial charge is 0.182 e. The van der Waals surface area contributed by atoms with Gasteiger partial charge in [0.05, 0.1) is 0 Å². The van der Waals surface area contributed by atoms with Crippen molar-refractivity contribution in [2.45, 2.75) is 320 Å². The van der Waals surface area contributed by atoms with Gasteiger partial charge in [0, 0.05) is 0 Å². The summed E-state index contributed by atoms with van der Waals surface area (Å²) in [6.07, 6.45) is 26.0. The van der Waals surface area contributed by atoms with Gasteiger partial charge in [-0.05, 0) is 46.9 Å². The molecule has 147 heavy (non-hydrogen) atoms. The van der Waals surface area contributed by atoms with Crippen molar-refractivity contribution in [3.8, 4) is 55.6 Å². The Hall–Kier alpha value is -7.35. The fourth-order valence-corrected chi connectivity index (χ4v) is 23.2. The first-order valence-corrected chi connectivity index (χ1v) is 57.7. The number of rotatable bonds is 12. The summed E-state index contributed by atoms with van der Waals surface area (Å²) in [6, 6.07) is 119. The summed E-state index contributed by atoms with van der Waals surface area (Å²) in [4.78, 5) is 0. The second kappa shape index (κ2) is 73.0. The van der Waals surface area contributed by atoms with Gasteiger partial charge in [-0.15, -0.1) is 82.9 Å². The number of fused-ring (bicyclic) bond motifs is 22. The number of benzene rings is 13. The third-order valence-electron chi connectivity index (χ3n) is 26.9. The zero-order chi connectivity index (χ0) is 106. The first kappa shape index (κ1) is 134. The second-order valence-corrected chi connectivity index (χ2v) is 33.9. The van der Waals surface area contributed by atoms with Gasteiger partial charge in [0.2, 0.25) is 0 Å². The molecule has 10 aliphatic carbocycles. The molecule has 9 unspecified atom stereocenters. The number of hydrogen-bond donors (Lipinski definition) is 0. The fraction of sp³-hybridized carbons (Fsp3) is 0.359. The molecular weight excluding hydrogens is 2070 g/mol. The Morgan fingerprint density at radius 1 is 0.347 bits per heavy atom. The van der Waals surface area contributed by atoms with E-state index in [1.165, 1.54) is 184 Å². The Morgan fingerprint density at radius 3 is 1.22 bits per heavy atom. The van der Waals surface area contributed by atoms with Crippen LogP contribution in [0.2, 0.25) is 0 Å². The van der Waals surface area contributed by atoms with E-state index in [1.54, 1.807) is 45.6 Å². The van der Waals surface area contributed by atoms with Crippen molar-refractivity contribution in [1.82, 2.24) is 0 Å². The van der Waals surface area contributed by atoms with E-state index in [2.05, 4.69) is 342 Å². The predicted octanol–water partition coefficient (Wildman–Crippen LogP) is 40.7. The molecule has 3 fully saturated rings. The Labute approximate surface area is 992 Å². The van der Waals surface area contributed by atoms with Gasteiger partial charge < -0.3 is 0 Å². The van der Waals surface area contributed by atoms with Gasteiger partial charge in [-0.2, -0.15) is 29.2 Å². The van der Waals surface area contributed by atoms with E-state index >= 15 is 0 Å². The molecule has 0 spiro atoms. The van der Waals surface area contributed by atoms with Crippen LogP contribution in [0.3, 0.4) is 0 Å². The summed E-state index contributed by atoms with van der Waals surface area (Å²) in [6.45, 7) is 66.4. The van der Waals surface area contributed by atoms with E-state index in [0.29, 0.717) is 41.9 Å². The van der Waals surface area contributed by atoms with Crippen molar-refractivity contribution in [1.29, 1.82) is 0 Å². The standard InChI is InChI=1S/C38H27.C37H28.C37H27.15C2H6.2V.3Y/c1-2-13-30-27(12-1)25-10-3-8-23(21-25)20-24-9-4-11-26(22-24)28-14-5-18-33-34-19-7-17-32-29-15-6-16-31(29)36(30)38(35(28)33)37(32)34;1-25(24-26-13-4-2-5-14-26)12-8-17-28-18-9-20-32-33-23-11-22-31-29-19-10-21-30(29)34(27-15-6-3-7-16-27)37(35(28)32)36(31)33;1-25(24-26-13-3-2-4-14-26)12-9-16-27-15-5-6-17-28(27)35-31-21-10-20-30(31)33-23-11-22-32-29-18-7-8-19-34(29)37(35)36(32)33;15*1-2;;;;;/h1-5,7-14,17-19,29,31,38H,6,15-16,20H2;1-9,11-13,15,18,20,22-23,29-30,37H,10,19,21,24H2;2-9,11-13,15,17-18,22-23,30-31,37H,10,20-21,24H2;15*1-2H3;;;;;/q-3;-4;-5;;;;;;;;;;;;;;;;;+2;3*+3. The first-order chi connectivity index (χ1) is 71.4. The molecule has 0 heterocycles. The van der Waals surface area contributed by atoms with E-state index in [0.717, 1.165) is 29.6 Å². The first-order valence-electron chi connectivity index (χ1n) is 56.3. The number of allylic oxidation sites excluding steroid dienone is 6. The maximum atomic E-state index is 6.43. The van der Waals surface area contributed by atoms with Crippen molar-refractivity contribution >= 4 is 8.96 Å². The zero-order valence-corrected chi connectivity index (χ0v) is 107. The van der Waals surface area contributed by atoms with Gasteiger partial charge in [0.1, 0.15) is 0 Å². The van der Waals surface area contributed by atoms with Crippen molar-refractivity contribution < 1.29 is 132 Å². The monoisotopic (exact) mass is 2250 g/mol. The van der Waals surface area contributed by atoms with Gasteiger partial charge >= 0.3 is 559 Å². The van der Waals surface area contributed by atoms with Crippen molar-refractivity contribution in [2.24, 2.45) is 17.8 Å². The van der Waals surface area contributed by atoms with E-state index in [9.17, 15) is 0 Å². The molecule has 4 bridgehead atoms. The average Bonchev–Trinajstić information content (AvgIpc) is 1.55. The SMILES string of the molecule is CC.CC.CC.CC.CC.CC.CC.CC.CC.CC.CC.CC.CC.CC.CC.[CH-]=C(C=C[C](=[V])c1cccc2c1C1c3c-2cccc3C2CCCC2[C-]1c1[c-]cccc1)Cc1[c-]cccc1.[V+2]=[C-]C(=CC=[C-]c1ccccc1[C-]1C2c3[c-]cccc3-c3cccc(c32)C2CCCC12)Cc1[c-]cccc1.[Y+3].[Y+3].[Y+3].[c-]1c2cccc1-c1ccccc1[C-]1C3c4c(cccc4-c4cccc(c43)C3CCCC13)-c1[c-]c(ccc1)C2. The van der Waals surface area contributed by atoms with Gasteiger partial charge in [0.25, 0.3) is 0 Å². The predicted molar refractivity (Wildman–Crippen MR) is 626 cm³/mol. The molecule has 0 N–H and O–H groups in total. The van der Waals surface area contributed by atoms with Gasteiger partial charge in [-0.3, -0.25) is 0 Å². The third-order valence-corrected chi connectivity index (χ3v) is 27.9. The molecular formula is C142H172V2Y3-. The Kier molecular flexibility index (Phi) is 66.5. The van der Waals surface area contributed by atoms with E-state index in [-0.39, 0.29) is 116 Å². The van der Waals surface area contributed by atoms with Crippen LogP contribution in [-0.2, 0) is 151 Å². The second-order valence-electron chi connectivity index (χ2n) is 32.8. The fourth-order valence-electron chi connectivity index (χ4n) is 22.6. The van der Waals surface area contributed by atoms with Crippen LogP contribution in [0.5, 0.6) is 0 Å². The summed E-state index contributed by atoms with van der Waals surface area (Å²) in [5, 5.41) is 0. The summed E-state index contributed by atoms with van der Waals surface area (Å²) >= 11 is 5.27. The van der Waals surface area contributed by atoms with Crippen molar-refractivity contribution in [2.75, 3.05) is 0 Å². The van der Waals surface area contributed by atoms with Crippen LogP contribution in [0.4, 0.5) is 0 Å². The Morgan fingerprint density at radius 2 is 0.728 bits per heavy atom.